The molecule has 0 atom stereocenters. The summed E-state index contributed by atoms with van der Waals surface area (Å²) in [6.07, 6.45) is 1.99. The van der Waals surface area contributed by atoms with E-state index >= 15 is 0 Å². The smallest absolute Gasteiger partial charge is 0.387 e. The third-order valence-corrected chi connectivity index (χ3v) is 4.69. The molecule has 1 amide bonds. The van der Waals surface area contributed by atoms with E-state index in [-0.39, 0.29) is 17.4 Å². The van der Waals surface area contributed by atoms with Gasteiger partial charge in [0.05, 0.1) is 30.3 Å². The zero-order chi connectivity index (χ0) is 21.7. The van der Waals surface area contributed by atoms with Gasteiger partial charge in [-0.15, -0.1) is 0 Å². The van der Waals surface area contributed by atoms with Crippen molar-refractivity contribution in [2.45, 2.75) is 20.0 Å². The van der Waals surface area contributed by atoms with Crippen LogP contribution in [0.2, 0.25) is 5.02 Å². The number of methoxy groups -OCH3 is 1. The highest BCUT2D eigenvalue weighted by Gasteiger charge is 2.15. The molecule has 0 aliphatic carbocycles. The van der Waals surface area contributed by atoms with Crippen LogP contribution in [0.15, 0.2) is 48.7 Å². The van der Waals surface area contributed by atoms with Crippen molar-refractivity contribution < 1.29 is 23.0 Å². The highest BCUT2D eigenvalue weighted by atomic mass is 35.5. The molecule has 0 saturated carbocycles. The molecule has 158 valence electrons. The van der Waals surface area contributed by atoms with Crippen molar-refractivity contribution in [3.8, 4) is 17.2 Å². The molecule has 0 spiro atoms. The van der Waals surface area contributed by atoms with Gasteiger partial charge < -0.3 is 14.8 Å². The number of benzene rings is 2. The molecule has 3 aromatic rings. The number of hydrogen-bond acceptors (Lipinski definition) is 4. The largest absolute Gasteiger partial charge is 0.493 e. The minimum absolute atomic E-state index is 0.0376. The van der Waals surface area contributed by atoms with Gasteiger partial charge >= 0.3 is 6.61 Å². The summed E-state index contributed by atoms with van der Waals surface area (Å²) in [5.74, 6) is -0.0903. The van der Waals surface area contributed by atoms with E-state index < -0.39 is 6.61 Å². The van der Waals surface area contributed by atoms with Crippen molar-refractivity contribution in [3.05, 3.63) is 70.5 Å². The summed E-state index contributed by atoms with van der Waals surface area (Å²) in [4.78, 5) is 12.5. The second kappa shape index (κ2) is 9.58. The van der Waals surface area contributed by atoms with E-state index in [1.165, 1.54) is 19.4 Å². The van der Waals surface area contributed by atoms with Crippen LogP contribution in [0.4, 0.5) is 8.78 Å². The van der Waals surface area contributed by atoms with Crippen molar-refractivity contribution in [1.29, 1.82) is 0 Å². The first kappa shape index (κ1) is 21.6. The number of nitrogens with one attached hydrogen (secondary N) is 1. The molecule has 0 saturated heterocycles. The molecule has 1 aromatic heterocycles. The third kappa shape index (κ3) is 5.07. The van der Waals surface area contributed by atoms with Crippen LogP contribution < -0.4 is 14.8 Å². The molecule has 0 aliphatic rings. The number of halogens is 3. The molecular weight excluding hydrogens is 416 g/mol. The molecule has 3 rings (SSSR count). The average molecular weight is 436 g/mol. The van der Waals surface area contributed by atoms with Gasteiger partial charge in [0.25, 0.3) is 5.91 Å². The third-order valence-electron chi connectivity index (χ3n) is 4.45. The molecule has 30 heavy (non-hydrogen) atoms. The average Bonchev–Trinajstić information content (AvgIpc) is 3.10. The number of amides is 1. The van der Waals surface area contributed by atoms with Gasteiger partial charge in [-0.1, -0.05) is 23.7 Å². The van der Waals surface area contributed by atoms with Crippen molar-refractivity contribution >= 4 is 17.5 Å². The maximum absolute atomic E-state index is 12.5. The van der Waals surface area contributed by atoms with Crippen LogP contribution in [-0.4, -0.2) is 36.0 Å². The Bertz CT molecular complexity index is 1040. The quantitative estimate of drug-likeness (QED) is 0.569. The molecule has 0 radical (unpaired) electrons. The van der Waals surface area contributed by atoms with Gasteiger partial charge in [0.1, 0.15) is 0 Å². The number of carbonyl (C=O) groups is 1. The number of ether oxygens (including phenoxy) is 2. The molecule has 1 heterocycles. The Hall–Kier alpha value is -3.13. The lowest BCUT2D eigenvalue weighted by Gasteiger charge is -2.12. The van der Waals surface area contributed by atoms with Gasteiger partial charge in [-0.05, 0) is 49.2 Å². The van der Waals surface area contributed by atoms with Gasteiger partial charge in [0, 0.05) is 11.6 Å². The van der Waals surface area contributed by atoms with E-state index in [2.05, 4.69) is 15.2 Å². The molecule has 1 N–H and O–H groups in total. The second-order valence-electron chi connectivity index (χ2n) is 6.40. The van der Waals surface area contributed by atoms with Crippen LogP contribution in [0.3, 0.4) is 0 Å². The molecule has 0 fully saturated rings. The SMILES string of the molecule is COc1cc(CCNC(=O)c2cnn(-c3cccc(Cl)c3)c2C)ccc1OC(F)F. The Morgan fingerprint density at radius 1 is 1.23 bits per heavy atom. The fourth-order valence-electron chi connectivity index (χ4n) is 2.98. The van der Waals surface area contributed by atoms with Crippen LogP contribution in [0.25, 0.3) is 5.69 Å². The Morgan fingerprint density at radius 2 is 2.03 bits per heavy atom. The Kier molecular flexibility index (Phi) is 6.89. The van der Waals surface area contributed by atoms with Crippen LogP contribution in [0, 0.1) is 6.92 Å². The summed E-state index contributed by atoms with van der Waals surface area (Å²) in [5, 5.41) is 7.69. The van der Waals surface area contributed by atoms with Gasteiger partial charge in [0.2, 0.25) is 0 Å². The summed E-state index contributed by atoms with van der Waals surface area (Å²) in [5.41, 5.74) is 2.70. The van der Waals surface area contributed by atoms with E-state index in [4.69, 9.17) is 16.3 Å². The van der Waals surface area contributed by atoms with Gasteiger partial charge in [0.15, 0.2) is 11.5 Å². The number of carbonyl (C=O) groups excluding carboxylic acids is 1. The number of alkyl halides is 2. The Labute approximate surface area is 177 Å². The minimum atomic E-state index is -2.93. The fourth-order valence-corrected chi connectivity index (χ4v) is 3.16. The maximum atomic E-state index is 12.5. The van der Waals surface area contributed by atoms with Crippen LogP contribution in [0.1, 0.15) is 21.6 Å². The standard InChI is InChI=1S/C21H20ClF2N3O3/c1-13-17(12-26-27(13)16-5-3-4-15(22)11-16)20(28)25-9-8-14-6-7-18(30-21(23)24)19(10-14)29-2/h3-7,10-12,21H,8-9H2,1-2H3,(H,25,28). The van der Waals surface area contributed by atoms with E-state index in [1.54, 1.807) is 35.9 Å². The van der Waals surface area contributed by atoms with Crippen molar-refractivity contribution in [2.24, 2.45) is 0 Å². The summed E-state index contributed by atoms with van der Waals surface area (Å²) in [7, 11) is 1.37. The van der Waals surface area contributed by atoms with Crippen molar-refractivity contribution in [3.63, 3.8) is 0 Å². The molecule has 9 heteroatoms. The summed E-state index contributed by atoms with van der Waals surface area (Å²) >= 11 is 6.02. The summed E-state index contributed by atoms with van der Waals surface area (Å²) < 4.78 is 36.0. The molecule has 2 aromatic carbocycles. The summed E-state index contributed by atoms with van der Waals surface area (Å²) in [6, 6.07) is 11.9. The topological polar surface area (TPSA) is 65.4 Å². The zero-order valence-electron chi connectivity index (χ0n) is 16.4. The highest BCUT2D eigenvalue weighted by Crippen LogP contribution is 2.29. The van der Waals surface area contributed by atoms with Gasteiger partial charge in [-0.25, -0.2) is 4.68 Å². The first-order valence-electron chi connectivity index (χ1n) is 9.09. The second-order valence-corrected chi connectivity index (χ2v) is 6.84. The van der Waals surface area contributed by atoms with E-state index in [1.807, 2.05) is 12.1 Å². The van der Waals surface area contributed by atoms with E-state index in [9.17, 15) is 13.6 Å². The van der Waals surface area contributed by atoms with Crippen LogP contribution in [0.5, 0.6) is 11.5 Å². The molecular formula is C21H20ClF2N3O3. The molecule has 6 nitrogen and oxygen atoms in total. The lowest BCUT2D eigenvalue weighted by molar-refractivity contribution is -0.0512. The molecule has 0 unspecified atom stereocenters. The number of nitrogens with zero attached hydrogens (tertiary/aromatic N) is 2. The predicted molar refractivity (Wildman–Crippen MR) is 109 cm³/mol. The van der Waals surface area contributed by atoms with E-state index in [0.29, 0.717) is 29.2 Å². The first-order chi connectivity index (χ1) is 14.4. The number of hydrogen-bond donors (Lipinski definition) is 1. The lowest BCUT2D eigenvalue weighted by atomic mass is 10.1. The molecule has 0 aliphatic heterocycles. The fraction of sp³-hybridized carbons (Fsp3) is 0.238. The van der Waals surface area contributed by atoms with Gasteiger partial charge in [-0.3, -0.25) is 4.79 Å². The van der Waals surface area contributed by atoms with Crippen LogP contribution >= 0.6 is 11.6 Å². The van der Waals surface area contributed by atoms with Gasteiger partial charge in [-0.2, -0.15) is 13.9 Å². The lowest BCUT2D eigenvalue weighted by Crippen LogP contribution is -2.26. The number of aromatic nitrogens is 2. The maximum Gasteiger partial charge on any atom is 0.387 e. The zero-order valence-corrected chi connectivity index (χ0v) is 17.1. The Morgan fingerprint density at radius 3 is 2.73 bits per heavy atom. The normalized spacial score (nSPS) is 10.9. The first-order valence-corrected chi connectivity index (χ1v) is 9.47. The minimum Gasteiger partial charge on any atom is -0.493 e. The van der Waals surface area contributed by atoms with Crippen molar-refractivity contribution in [1.82, 2.24) is 15.1 Å². The predicted octanol–water partition coefficient (Wildman–Crippen LogP) is 4.42. The van der Waals surface area contributed by atoms with Crippen molar-refractivity contribution in [2.75, 3.05) is 13.7 Å². The summed E-state index contributed by atoms with van der Waals surface area (Å²) in [6.45, 7) is -0.783. The van der Waals surface area contributed by atoms with Crippen LogP contribution in [-0.2, 0) is 6.42 Å². The monoisotopic (exact) mass is 435 g/mol. The highest BCUT2D eigenvalue weighted by molar-refractivity contribution is 6.30. The molecule has 0 bridgehead atoms. The Balaban J connectivity index is 1.63. The van der Waals surface area contributed by atoms with E-state index in [0.717, 1.165) is 11.3 Å². The number of rotatable bonds is 8.